The average Bonchev–Trinajstić information content (AvgIpc) is 0.752. The maximum atomic E-state index is 13.4. The Morgan fingerprint density at radius 1 is 0.270 bits per heavy atom. The van der Waals surface area contributed by atoms with Gasteiger partial charge >= 0.3 is 0 Å². The van der Waals surface area contributed by atoms with E-state index >= 15 is 0 Å². The fraction of sp³-hybridized carbons (Fsp3) is 0.929. The predicted octanol–water partition coefficient (Wildman–Crippen LogP) is -22.4. The molecular weight excluding hydrogens is 1730 g/mol. The molecule has 49 atom stereocenters. The summed E-state index contributed by atoms with van der Waals surface area (Å²) in [4.78, 5) is 64.8. The van der Waals surface area contributed by atoms with Crippen LogP contribution >= 0.6 is 0 Å². The molecule has 56 heteroatoms. The molecule has 0 saturated carbocycles. The molecule has 9 heterocycles. The van der Waals surface area contributed by atoms with E-state index in [9.17, 15) is 167 Å². The number of carbonyl (C=O) groups excluding carboxylic acids is 5. The topological polar surface area (TPSA) is 878 Å². The van der Waals surface area contributed by atoms with Gasteiger partial charge < -0.3 is 255 Å². The number of hydrogen-bond acceptors (Lipinski definition) is 51. The van der Waals surface area contributed by atoms with Crippen LogP contribution in [0.3, 0.4) is 0 Å². The Morgan fingerprint density at radius 2 is 0.556 bits per heavy atom. The monoisotopic (exact) mass is 1850 g/mol. The highest BCUT2D eigenvalue weighted by atomic mass is 16.8. The fourth-order valence-electron chi connectivity index (χ4n) is 15.9. The summed E-state index contributed by atoms with van der Waals surface area (Å²) in [5.74, 6) is -4.92. The van der Waals surface area contributed by atoms with E-state index in [-0.39, 0.29) is 0 Å². The highest BCUT2D eigenvalue weighted by Crippen LogP contribution is 2.41. The van der Waals surface area contributed by atoms with Crippen molar-refractivity contribution in [2.75, 3.05) is 72.7 Å². The van der Waals surface area contributed by atoms with Gasteiger partial charge in [0.25, 0.3) is 0 Å². The first-order chi connectivity index (χ1) is 59.6. The molecule has 56 nitrogen and oxygen atoms in total. The molecule has 33 N–H and O–H groups in total. The minimum absolute atomic E-state index is 0.850. The first-order valence-corrected chi connectivity index (χ1v) is 40.1. The molecule has 0 aromatic rings. The minimum Gasteiger partial charge on any atom is -0.394 e. The Balaban J connectivity index is 1.18. The van der Waals surface area contributed by atoms with Gasteiger partial charge in [0.15, 0.2) is 56.6 Å². The summed E-state index contributed by atoms with van der Waals surface area (Å²) in [6, 6.07) is -9.91. The highest BCUT2D eigenvalue weighted by Gasteiger charge is 2.62. The molecular formula is C70H119N5O51. The number of nitrogens with one attached hydrogen (secondary N) is 5. The molecule has 126 heavy (non-hydrogen) atoms. The van der Waals surface area contributed by atoms with Crippen molar-refractivity contribution in [2.45, 2.75) is 335 Å². The minimum atomic E-state index is -2.80. The van der Waals surface area contributed by atoms with Crippen LogP contribution in [0.4, 0.5) is 0 Å². The molecule has 0 unspecified atom stereocenters. The smallest absolute Gasteiger partial charge is 0.217 e. The Bertz CT molecular complexity index is 3380. The van der Waals surface area contributed by atoms with Crippen molar-refractivity contribution in [1.29, 1.82) is 0 Å². The number of hydrogen-bond donors (Lipinski definition) is 33. The summed E-state index contributed by atoms with van der Waals surface area (Å²) >= 11 is 0. The quantitative estimate of drug-likeness (QED) is 0.0275. The Morgan fingerprint density at radius 3 is 0.921 bits per heavy atom. The van der Waals surface area contributed by atoms with Gasteiger partial charge in [-0.25, -0.2) is 0 Å². The molecule has 0 aromatic heterocycles. The van der Waals surface area contributed by atoms with E-state index in [0.29, 0.717) is 0 Å². The zero-order chi connectivity index (χ0) is 93.2. The van der Waals surface area contributed by atoms with E-state index in [0.717, 1.165) is 34.6 Å². The van der Waals surface area contributed by atoms with Crippen molar-refractivity contribution in [1.82, 2.24) is 26.6 Å². The van der Waals surface area contributed by atoms with Crippen molar-refractivity contribution in [3.63, 3.8) is 0 Å². The van der Waals surface area contributed by atoms with Gasteiger partial charge in [-0.2, -0.15) is 0 Å². The first-order valence-electron chi connectivity index (χ1n) is 40.1. The molecule has 730 valence electrons. The fourth-order valence-corrected chi connectivity index (χ4v) is 15.9. The maximum Gasteiger partial charge on any atom is 0.217 e. The average molecular weight is 1850 g/mol. The molecule has 0 radical (unpaired) electrons. The molecule has 9 aliphatic heterocycles. The van der Waals surface area contributed by atoms with Crippen LogP contribution in [0.25, 0.3) is 0 Å². The van der Waals surface area contributed by atoms with E-state index in [2.05, 4.69) is 26.6 Å². The van der Waals surface area contributed by atoms with Crippen LogP contribution in [-0.2, 0) is 109 Å². The number of aliphatic hydroxyl groups is 28. The molecule has 5 amide bonds. The SMILES string of the molecule is CC(=O)N[C@H]1[C@H](O[C@@H]([C@H](O)[C@H](CO)NC(C)=O)[C@H](O)CO)O[C@H](CO)[C@@H](O[C@@H]2O[C@H](CO[C@H]3O[C@H](CO)[C@@H](O)[C@H](O)[C@@H]3O[C@@H]3O[C@H](CO)[C@@H](O[C@@H]4O[C@H](CO)[C@H](O)[C@H](O)[C@H]4O)[C@H](O)[C@H]3NC(C)=O)[C@@H](O[C@@H]3O[C@H](CO)[C@@H](O)[C@H](O)[C@H]3NC(C)=O)[C@H](O[C@H]3O[C@H](CO)[C@@H](O)[C@H](O)[C@@H]3O[C@@H]3O[C@H](CO)[C@@H](O[C@@H]4O[C@H](CO)[C@H](O)[C@H](O)[C@H]4O)[C@H](O)[C@H]3NC(C)=O)[C@@H]2O)[C@@H]1O. The molecule has 0 aliphatic carbocycles. The molecule has 9 fully saturated rings. The van der Waals surface area contributed by atoms with Crippen molar-refractivity contribution >= 4 is 29.5 Å². The summed E-state index contributed by atoms with van der Waals surface area (Å²) < 4.78 is 110. The lowest BCUT2D eigenvalue weighted by Crippen LogP contribution is -2.71. The molecule has 9 aliphatic rings. The number of ether oxygens (including phenoxy) is 18. The Kier molecular flexibility index (Phi) is 39.2. The number of amides is 5. The van der Waals surface area contributed by atoms with E-state index in [4.69, 9.17) is 85.3 Å². The summed E-state index contributed by atoms with van der Waals surface area (Å²) in [5, 5.41) is 325. The summed E-state index contributed by atoms with van der Waals surface area (Å²) in [7, 11) is 0. The first kappa shape index (κ1) is 105. The van der Waals surface area contributed by atoms with Crippen LogP contribution in [0.15, 0.2) is 0 Å². The lowest BCUT2D eigenvalue weighted by atomic mass is 9.93. The third kappa shape index (κ3) is 24.0. The number of rotatable bonds is 37. The second-order valence-electron chi connectivity index (χ2n) is 31.5. The van der Waals surface area contributed by atoms with Gasteiger partial charge in [0.2, 0.25) is 29.5 Å². The second-order valence-corrected chi connectivity index (χ2v) is 31.5. The Hall–Kier alpha value is -4.49. The predicted molar refractivity (Wildman–Crippen MR) is 390 cm³/mol. The number of carbonyl (C=O) groups is 5. The number of aliphatic hydroxyl groups excluding tert-OH is 28. The van der Waals surface area contributed by atoms with E-state index < -0.39 is 403 Å². The summed E-state index contributed by atoms with van der Waals surface area (Å²) in [5.41, 5.74) is 0. The normalized spacial score (nSPS) is 45.8. The molecule has 0 bridgehead atoms. The van der Waals surface area contributed by atoms with Crippen LogP contribution in [0.1, 0.15) is 34.6 Å². The maximum absolute atomic E-state index is 13.4. The van der Waals surface area contributed by atoms with Gasteiger partial charge in [-0.15, -0.1) is 0 Å². The lowest BCUT2D eigenvalue weighted by molar-refractivity contribution is -0.408. The van der Waals surface area contributed by atoms with Crippen molar-refractivity contribution in [2.24, 2.45) is 0 Å². The van der Waals surface area contributed by atoms with Crippen LogP contribution in [0.5, 0.6) is 0 Å². The second kappa shape index (κ2) is 46.9. The zero-order valence-electron chi connectivity index (χ0n) is 68.0. The van der Waals surface area contributed by atoms with Gasteiger partial charge in [-0.3, -0.25) is 24.0 Å². The largest absolute Gasteiger partial charge is 0.394 e. The van der Waals surface area contributed by atoms with Crippen molar-refractivity contribution < 1.29 is 252 Å². The van der Waals surface area contributed by atoms with Gasteiger partial charge in [0.1, 0.15) is 238 Å². The third-order valence-corrected chi connectivity index (χ3v) is 22.5. The van der Waals surface area contributed by atoms with Gasteiger partial charge in [-0.1, -0.05) is 0 Å². The van der Waals surface area contributed by atoms with Crippen LogP contribution in [-0.4, -0.2) is 546 Å². The highest BCUT2D eigenvalue weighted by molar-refractivity contribution is 5.75. The van der Waals surface area contributed by atoms with E-state index in [1.807, 2.05) is 0 Å². The zero-order valence-corrected chi connectivity index (χ0v) is 68.0. The van der Waals surface area contributed by atoms with E-state index in [1.54, 1.807) is 0 Å². The van der Waals surface area contributed by atoms with Crippen LogP contribution < -0.4 is 26.6 Å². The van der Waals surface area contributed by atoms with Gasteiger partial charge in [-0.05, 0) is 0 Å². The molecule has 9 saturated heterocycles. The lowest BCUT2D eigenvalue weighted by Gasteiger charge is -2.52. The van der Waals surface area contributed by atoms with Gasteiger partial charge in [0, 0.05) is 34.6 Å². The molecule has 9 rings (SSSR count). The molecule has 0 spiro atoms. The van der Waals surface area contributed by atoms with Gasteiger partial charge in [0.05, 0.1) is 78.7 Å². The summed E-state index contributed by atoms with van der Waals surface area (Å²) in [6.45, 7) is -8.56. The summed E-state index contributed by atoms with van der Waals surface area (Å²) in [6.07, 6.45) is -97.4. The Labute approximate surface area is 714 Å². The van der Waals surface area contributed by atoms with Crippen LogP contribution in [0, 0.1) is 0 Å². The standard InChI is InChI=1S/C70H119N5O51/c1-17(86)71-22(6-76)37(92)54(23(91)7-77)119-63-34(73-19(3)88)44(99)57(31(15-85)115-63)122-68-53(108)59(124-70-61(50(105)42(97)28(12-82)114-70)126-65-36(75-21(5)90)46(101)56(30(14-84)117-65)121-67-52(107)48(103)40(95)26(10-80)112-67)58(123-62-33(72-18(2)87)43(98)38(93)24(8-78)110-62)32(118-68)16-109-69-60(49(104)41(96)27(11-81)113-69)125-64-35(74-20(4)89)45(100)55(29(13-83)116-64)120-66-51(106)47(102)39(94)25(9-79)111-66/h22-70,76-85,91-108H,6-16H2,1-5H3,(H,71,86)(H,72,87)(H,73,88)(H,74,89)(H,75,90)/t22-,23+,24+,25+,26+,27+,28+,29+,30+,31+,32+,33+,34+,35+,36+,37+,38+,39-,40-,41+,42+,43+,44+,45+,46+,47-,48-,49-,50-,51+,52+,53-,54+,55+,56+,57+,58+,59+,60-,61-,62-,63-,64-,65-,66-,67-,68-,69-,70+/m0/s1. The van der Waals surface area contributed by atoms with E-state index in [1.165, 1.54) is 0 Å². The molecule has 0 aromatic carbocycles. The van der Waals surface area contributed by atoms with Crippen molar-refractivity contribution in [3.05, 3.63) is 0 Å². The third-order valence-electron chi connectivity index (χ3n) is 22.5. The van der Waals surface area contributed by atoms with Crippen molar-refractivity contribution in [3.8, 4) is 0 Å². The van der Waals surface area contributed by atoms with Crippen LogP contribution in [0.2, 0.25) is 0 Å².